The predicted molar refractivity (Wildman–Crippen MR) is 99.6 cm³/mol. The number of anilines is 1. The van der Waals surface area contributed by atoms with Gasteiger partial charge in [-0.3, -0.25) is 19.1 Å². The average molecular weight is 369 g/mol. The third kappa shape index (κ3) is 4.16. The number of hydrogen-bond acceptors (Lipinski definition) is 4. The number of nitrogens with one attached hydrogen (secondary N) is 2. The third-order valence-electron chi connectivity index (χ3n) is 4.82. The summed E-state index contributed by atoms with van der Waals surface area (Å²) in [6.45, 7) is 0.0830. The van der Waals surface area contributed by atoms with Crippen molar-refractivity contribution in [3.05, 3.63) is 48.3 Å². The second-order valence-corrected chi connectivity index (χ2v) is 6.59. The van der Waals surface area contributed by atoms with E-state index in [9.17, 15) is 14.4 Å². The molecule has 0 aliphatic carbocycles. The molecular formula is C19H23N5O3. The van der Waals surface area contributed by atoms with Gasteiger partial charge in [0, 0.05) is 26.7 Å². The van der Waals surface area contributed by atoms with Crippen LogP contribution in [0.15, 0.2) is 42.7 Å². The first kappa shape index (κ1) is 18.6. The van der Waals surface area contributed by atoms with Gasteiger partial charge in [0.1, 0.15) is 6.54 Å². The highest BCUT2D eigenvalue weighted by molar-refractivity contribution is 5.94. The Morgan fingerprint density at radius 2 is 2.00 bits per heavy atom. The number of benzene rings is 1. The van der Waals surface area contributed by atoms with Gasteiger partial charge in [0.05, 0.1) is 23.8 Å². The SMILES string of the molecule is CNC(=O)Cn1cc(NC(=O)C2CCC(=O)N(C)C2c2ccccc2)cn1. The predicted octanol–water partition coefficient (Wildman–Crippen LogP) is 1.18. The zero-order valence-electron chi connectivity index (χ0n) is 15.4. The number of piperidine rings is 1. The highest BCUT2D eigenvalue weighted by Crippen LogP contribution is 2.36. The standard InChI is InChI=1S/C19H23N5O3/c1-20-16(25)12-24-11-14(10-21-24)22-19(27)15-8-9-17(26)23(2)18(15)13-6-4-3-5-7-13/h3-7,10-11,15,18H,8-9,12H2,1-2H3,(H,20,25)(H,22,27). The van der Waals surface area contributed by atoms with Crippen LogP contribution in [0.3, 0.4) is 0 Å². The van der Waals surface area contributed by atoms with Crippen LogP contribution in [0.4, 0.5) is 5.69 Å². The highest BCUT2D eigenvalue weighted by atomic mass is 16.2. The van der Waals surface area contributed by atoms with Gasteiger partial charge in [-0.2, -0.15) is 5.10 Å². The molecule has 1 fully saturated rings. The van der Waals surface area contributed by atoms with Crippen LogP contribution in [-0.2, 0) is 20.9 Å². The number of hydrogen-bond donors (Lipinski definition) is 2. The van der Waals surface area contributed by atoms with Gasteiger partial charge in [0.15, 0.2) is 0 Å². The molecule has 3 amide bonds. The smallest absolute Gasteiger partial charge is 0.241 e. The van der Waals surface area contributed by atoms with Crippen molar-refractivity contribution >= 4 is 23.4 Å². The molecule has 2 atom stereocenters. The molecule has 1 aliphatic rings. The number of nitrogens with zero attached hydrogens (tertiary/aromatic N) is 3. The van der Waals surface area contributed by atoms with E-state index in [2.05, 4.69) is 15.7 Å². The first-order chi connectivity index (χ1) is 13.0. The Kier molecular flexibility index (Phi) is 5.54. The summed E-state index contributed by atoms with van der Waals surface area (Å²) in [5.74, 6) is -0.668. The van der Waals surface area contributed by atoms with Crippen molar-refractivity contribution in [3.8, 4) is 0 Å². The number of carbonyl (C=O) groups excluding carboxylic acids is 3. The second-order valence-electron chi connectivity index (χ2n) is 6.59. The van der Waals surface area contributed by atoms with Crippen LogP contribution < -0.4 is 10.6 Å². The van der Waals surface area contributed by atoms with Crippen LogP contribution in [-0.4, -0.2) is 46.5 Å². The molecule has 27 heavy (non-hydrogen) atoms. The Bertz CT molecular complexity index is 833. The van der Waals surface area contributed by atoms with E-state index in [-0.39, 0.29) is 36.2 Å². The molecule has 2 heterocycles. The molecular weight excluding hydrogens is 346 g/mol. The van der Waals surface area contributed by atoms with Gasteiger partial charge in [-0.1, -0.05) is 30.3 Å². The maximum atomic E-state index is 12.9. The molecule has 1 aromatic carbocycles. The van der Waals surface area contributed by atoms with E-state index < -0.39 is 0 Å². The summed E-state index contributed by atoms with van der Waals surface area (Å²) in [5.41, 5.74) is 1.46. The Morgan fingerprint density at radius 1 is 1.26 bits per heavy atom. The minimum Gasteiger partial charge on any atom is -0.358 e. The van der Waals surface area contributed by atoms with Crippen molar-refractivity contribution < 1.29 is 14.4 Å². The van der Waals surface area contributed by atoms with Crippen molar-refractivity contribution in [2.75, 3.05) is 19.4 Å². The van der Waals surface area contributed by atoms with Crippen molar-refractivity contribution in [2.24, 2.45) is 5.92 Å². The van der Waals surface area contributed by atoms with Crippen LogP contribution in [0.25, 0.3) is 0 Å². The highest BCUT2D eigenvalue weighted by Gasteiger charge is 2.38. The molecule has 8 heteroatoms. The number of likely N-dealkylation sites (N-methyl/N-ethyl adjacent to an activating group) is 1. The quantitative estimate of drug-likeness (QED) is 0.827. The molecule has 1 aromatic heterocycles. The lowest BCUT2D eigenvalue weighted by Gasteiger charge is -2.38. The fourth-order valence-corrected chi connectivity index (χ4v) is 3.39. The number of rotatable bonds is 5. The third-order valence-corrected chi connectivity index (χ3v) is 4.82. The molecule has 2 aromatic rings. The first-order valence-corrected chi connectivity index (χ1v) is 8.84. The molecule has 0 radical (unpaired) electrons. The van der Waals surface area contributed by atoms with Crippen LogP contribution >= 0.6 is 0 Å². The summed E-state index contributed by atoms with van der Waals surface area (Å²) < 4.78 is 1.46. The molecule has 1 saturated heterocycles. The molecule has 8 nitrogen and oxygen atoms in total. The zero-order chi connectivity index (χ0) is 19.4. The van der Waals surface area contributed by atoms with E-state index in [1.165, 1.54) is 10.9 Å². The molecule has 2 N–H and O–H groups in total. The normalized spacial score (nSPS) is 19.6. The summed E-state index contributed by atoms with van der Waals surface area (Å²) >= 11 is 0. The minimum absolute atomic E-state index is 0.0336. The van der Waals surface area contributed by atoms with Gasteiger partial charge in [-0.15, -0.1) is 0 Å². The Labute approximate surface area is 157 Å². The van der Waals surface area contributed by atoms with Crippen LogP contribution in [0.5, 0.6) is 0 Å². The minimum atomic E-state index is -0.364. The topological polar surface area (TPSA) is 96.3 Å². The van der Waals surface area contributed by atoms with Gasteiger partial charge in [0.25, 0.3) is 0 Å². The Morgan fingerprint density at radius 3 is 2.70 bits per heavy atom. The molecule has 0 spiro atoms. The molecule has 0 bridgehead atoms. The Balaban J connectivity index is 1.76. The van der Waals surface area contributed by atoms with Gasteiger partial charge in [-0.05, 0) is 12.0 Å². The second kappa shape index (κ2) is 8.03. The van der Waals surface area contributed by atoms with E-state index >= 15 is 0 Å². The number of aromatic nitrogens is 2. The Hall–Kier alpha value is -3.16. The van der Waals surface area contributed by atoms with Crippen LogP contribution in [0.2, 0.25) is 0 Å². The van der Waals surface area contributed by atoms with E-state index in [4.69, 9.17) is 0 Å². The number of carbonyl (C=O) groups is 3. The van der Waals surface area contributed by atoms with Crippen LogP contribution in [0, 0.1) is 5.92 Å². The van der Waals surface area contributed by atoms with E-state index in [0.717, 1.165) is 5.56 Å². The van der Waals surface area contributed by atoms with Gasteiger partial charge in [-0.25, -0.2) is 0 Å². The molecule has 2 unspecified atom stereocenters. The largest absolute Gasteiger partial charge is 0.358 e. The fraction of sp³-hybridized carbons (Fsp3) is 0.368. The van der Waals surface area contributed by atoms with Crippen molar-refractivity contribution in [1.82, 2.24) is 20.0 Å². The lowest BCUT2D eigenvalue weighted by Crippen LogP contribution is -2.44. The molecule has 3 rings (SSSR count). The molecule has 1 aliphatic heterocycles. The number of amides is 3. The lowest BCUT2D eigenvalue weighted by atomic mass is 9.84. The molecule has 142 valence electrons. The van der Waals surface area contributed by atoms with Crippen LogP contribution in [0.1, 0.15) is 24.4 Å². The van der Waals surface area contributed by atoms with E-state index in [1.54, 1.807) is 25.2 Å². The summed E-state index contributed by atoms with van der Waals surface area (Å²) in [7, 11) is 3.29. The summed E-state index contributed by atoms with van der Waals surface area (Å²) in [6.07, 6.45) is 3.95. The maximum absolute atomic E-state index is 12.9. The fourth-order valence-electron chi connectivity index (χ4n) is 3.39. The monoisotopic (exact) mass is 369 g/mol. The zero-order valence-corrected chi connectivity index (χ0v) is 15.4. The lowest BCUT2D eigenvalue weighted by molar-refractivity contribution is -0.140. The van der Waals surface area contributed by atoms with E-state index in [0.29, 0.717) is 18.5 Å². The summed E-state index contributed by atoms with van der Waals surface area (Å²) in [6, 6.07) is 9.26. The van der Waals surface area contributed by atoms with Crippen molar-refractivity contribution in [3.63, 3.8) is 0 Å². The summed E-state index contributed by atoms with van der Waals surface area (Å²) in [4.78, 5) is 38.2. The first-order valence-electron chi connectivity index (χ1n) is 8.84. The van der Waals surface area contributed by atoms with Gasteiger partial charge < -0.3 is 15.5 Å². The van der Waals surface area contributed by atoms with E-state index in [1.807, 2.05) is 30.3 Å². The van der Waals surface area contributed by atoms with Crippen molar-refractivity contribution in [1.29, 1.82) is 0 Å². The van der Waals surface area contributed by atoms with Crippen molar-refractivity contribution in [2.45, 2.75) is 25.4 Å². The summed E-state index contributed by atoms with van der Waals surface area (Å²) in [5, 5.41) is 9.47. The van der Waals surface area contributed by atoms with Gasteiger partial charge >= 0.3 is 0 Å². The molecule has 0 saturated carbocycles. The maximum Gasteiger partial charge on any atom is 0.241 e. The van der Waals surface area contributed by atoms with Gasteiger partial charge in [0.2, 0.25) is 17.7 Å². The number of likely N-dealkylation sites (tertiary alicyclic amines) is 1. The average Bonchev–Trinajstić information content (AvgIpc) is 3.10.